The highest BCUT2D eigenvalue weighted by atomic mass is 14.2. The Bertz CT molecular complexity index is 1550. The highest BCUT2D eigenvalue weighted by molar-refractivity contribution is 6.11. The number of fused-ring (bicyclic) bond motifs is 4. The molecule has 0 aliphatic rings. The highest BCUT2D eigenvalue weighted by Gasteiger charge is 2.15. The Morgan fingerprint density at radius 2 is 0.722 bits per heavy atom. The van der Waals surface area contributed by atoms with E-state index in [0.29, 0.717) is 0 Å². The van der Waals surface area contributed by atoms with Crippen molar-refractivity contribution in [1.82, 2.24) is 0 Å². The fraction of sp³-hybridized carbons (Fsp3) is 0.111. The minimum absolute atomic E-state index is 0.992. The second kappa shape index (κ2) is 9.47. The summed E-state index contributed by atoms with van der Waals surface area (Å²) in [5, 5.41) is 10.6. The molecule has 36 heavy (non-hydrogen) atoms. The molecular weight excluding hydrogens is 432 g/mol. The van der Waals surface area contributed by atoms with Crippen molar-refractivity contribution in [3.05, 3.63) is 132 Å². The van der Waals surface area contributed by atoms with Crippen LogP contribution >= 0.6 is 0 Å². The molecule has 0 spiro atoms. The lowest BCUT2D eigenvalue weighted by atomic mass is 9.86. The monoisotopic (exact) mass is 462 g/mol. The van der Waals surface area contributed by atoms with E-state index in [-0.39, 0.29) is 0 Å². The zero-order chi connectivity index (χ0) is 24.5. The number of allylic oxidation sites excluding steroid dienone is 4. The average molecular weight is 463 g/mol. The summed E-state index contributed by atoms with van der Waals surface area (Å²) in [7, 11) is 0. The minimum atomic E-state index is 0.992. The average Bonchev–Trinajstić information content (AvgIpc) is 2.93. The van der Waals surface area contributed by atoms with E-state index in [1.807, 2.05) is 0 Å². The molecule has 0 fully saturated rings. The summed E-state index contributed by atoms with van der Waals surface area (Å²) < 4.78 is 0. The Labute approximate surface area is 213 Å². The lowest BCUT2D eigenvalue weighted by molar-refractivity contribution is 1.09. The van der Waals surface area contributed by atoms with Gasteiger partial charge < -0.3 is 0 Å². The van der Waals surface area contributed by atoms with Crippen molar-refractivity contribution < 1.29 is 0 Å². The van der Waals surface area contributed by atoms with Crippen LogP contribution in [0.2, 0.25) is 0 Å². The largest absolute Gasteiger partial charge is 0.0838 e. The Kier molecular flexibility index (Phi) is 5.87. The van der Waals surface area contributed by atoms with Crippen LogP contribution in [-0.2, 0) is 0 Å². The molecule has 0 aromatic heterocycles. The molecule has 6 rings (SSSR count). The standard InChI is InChI=1S/C36H30/c1-3-25(35-31-17-9-5-13-27(31)23-28-14-6-10-18-32(28)35)21-22-26(4-2)36-33-19-11-7-15-29(33)24-30-16-8-12-20-34(30)36/h3-20,23-24H,21-22H2,1-2H3/b25-3-,26-4-. The fourth-order valence-corrected chi connectivity index (χ4v) is 5.82. The number of benzene rings is 6. The molecule has 0 amide bonds. The fourth-order valence-electron chi connectivity index (χ4n) is 5.82. The maximum atomic E-state index is 2.32. The molecule has 6 aromatic rings. The normalized spacial score (nSPS) is 12.7. The molecule has 0 nitrogen and oxygen atoms in total. The van der Waals surface area contributed by atoms with Gasteiger partial charge in [0.15, 0.2) is 0 Å². The van der Waals surface area contributed by atoms with Gasteiger partial charge in [-0.05, 0) is 104 Å². The minimum Gasteiger partial charge on any atom is -0.0838 e. The van der Waals surface area contributed by atoms with Crippen LogP contribution in [0.15, 0.2) is 121 Å². The summed E-state index contributed by atoms with van der Waals surface area (Å²) in [5.41, 5.74) is 5.58. The summed E-state index contributed by atoms with van der Waals surface area (Å²) in [6.07, 6.45) is 6.63. The van der Waals surface area contributed by atoms with Crippen LogP contribution in [0.1, 0.15) is 37.8 Å². The van der Waals surface area contributed by atoms with Gasteiger partial charge in [-0.15, -0.1) is 0 Å². The zero-order valence-corrected chi connectivity index (χ0v) is 21.0. The Hall–Kier alpha value is -4.16. The second-order valence-corrected chi connectivity index (χ2v) is 9.52. The van der Waals surface area contributed by atoms with Crippen LogP contribution in [-0.4, -0.2) is 0 Å². The first kappa shape index (κ1) is 22.3. The predicted molar refractivity (Wildman–Crippen MR) is 159 cm³/mol. The summed E-state index contributed by atoms with van der Waals surface area (Å²) in [5.74, 6) is 0. The van der Waals surface area contributed by atoms with Crippen LogP contribution in [0.4, 0.5) is 0 Å². The Morgan fingerprint density at radius 1 is 0.444 bits per heavy atom. The molecule has 0 radical (unpaired) electrons. The number of hydrogen-bond donors (Lipinski definition) is 0. The Balaban J connectivity index is 1.46. The molecule has 0 saturated carbocycles. The zero-order valence-electron chi connectivity index (χ0n) is 21.0. The van der Waals surface area contributed by atoms with Gasteiger partial charge in [0.05, 0.1) is 0 Å². The van der Waals surface area contributed by atoms with E-state index in [1.54, 1.807) is 0 Å². The number of hydrogen-bond acceptors (Lipinski definition) is 0. The second-order valence-electron chi connectivity index (χ2n) is 9.52. The number of rotatable bonds is 5. The quantitative estimate of drug-likeness (QED) is 0.223. The first-order valence-electron chi connectivity index (χ1n) is 12.9. The molecule has 0 atom stereocenters. The Morgan fingerprint density at radius 3 is 1.00 bits per heavy atom. The van der Waals surface area contributed by atoms with E-state index in [2.05, 4.69) is 135 Å². The van der Waals surface area contributed by atoms with Crippen LogP contribution < -0.4 is 0 Å². The van der Waals surface area contributed by atoms with E-state index in [4.69, 9.17) is 0 Å². The van der Waals surface area contributed by atoms with Crippen molar-refractivity contribution in [2.75, 3.05) is 0 Å². The topological polar surface area (TPSA) is 0 Å². The molecule has 0 aliphatic carbocycles. The van der Waals surface area contributed by atoms with Crippen LogP contribution in [0, 0.1) is 0 Å². The molecule has 0 unspecified atom stereocenters. The van der Waals surface area contributed by atoms with E-state index in [0.717, 1.165) is 12.8 Å². The van der Waals surface area contributed by atoms with Gasteiger partial charge in [0.25, 0.3) is 0 Å². The van der Waals surface area contributed by atoms with Crippen molar-refractivity contribution in [1.29, 1.82) is 0 Å². The summed E-state index contributed by atoms with van der Waals surface area (Å²) in [4.78, 5) is 0. The summed E-state index contributed by atoms with van der Waals surface area (Å²) in [6, 6.07) is 39.9. The molecule has 0 saturated heterocycles. The molecule has 0 heterocycles. The van der Waals surface area contributed by atoms with E-state index < -0.39 is 0 Å². The van der Waals surface area contributed by atoms with Crippen molar-refractivity contribution in [2.45, 2.75) is 26.7 Å². The molecule has 174 valence electrons. The maximum absolute atomic E-state index is 2.32. The summed E-state index contributed by atoms with van der Waals surface area (Å²) in [6.45, 7) is 4.38. The highest BCUT2D eigenvalue weighted by Crippen LogP contribution is 2.39. The molecule has 0 bridgehead atoms. The molecule has 6 aromatic carbocycles. The van der Waals surface area contributed by atoms with Crippen LogP contribution in [0.5, 0.6) is 0 Å². The van der Waals surface area contributed by atoms with E-state index in [9.17, 15) is 0 Å². The first-order valence-corrected chi connectivity index (χ1v) is 12.9. The molecular formula is C36H30. The third kappa shape index (κ3) is 3.80. The van der Waals surface area contributed by atoms with Gasteiger partial charge in [0.1, 0.15) is 0 Å². The van der Waals surface area contributed by atoms with Crippen LogP contribution in [0.25, 0.3) is 54.2 Å². The smallest absolute Gasteiger partial charge is 0.00705 e. The third-order valence-electron chi connectivity index (χ3n) is 7.55. The van der Waals surface area contributed by atoms with E-state index >= 15 is 0 Å². The van der Waals surface area contributed by atoms with E-state index in [1.165, 1.54) is 65.4 Å². The van der Waals surface area contributed by atoms with Gasteiger partial charge >= 0.3 is 0 Å². The van der Waals surface area contributed by atoms with Gasteiger partial charge in [-0.25, -0.2) is 0 Å². The van der Waals surface area contributed by atoms with Gasteiger partial charge in [0.2, 0.25) is 0 Å². The molecule has 0 N–H and O–H groups in total. The van der Waals surface area contributed by atoms with Crippen molar-refractivity contribution in [3.63, 3.8) is 0 Å². The van der Waals surface area contributed by atoms with Crippen molar-refractivity contribution >= 4 is 54.2 Å². The van der Waals surface area contributed by atoms with Crippen LogP contribution in [0.3, 0.4) is 0 Å². The lowest BCUT2D eigenvalue weighted by Crippen LogP contribution is -1.94. The van der Waals surface area contributed by atoms with Crippen molar-refractivity contribution in [3.8, 4) is 0 Å². The SMILES string of the molecule is C/C=C(/CC/C(=C/C)c1c2ccccc2cc2ccccc12)c1c2ccccc2cc2ccccc12. The van der Waals surface area contributed by atoms with Gasteiger partial charge in [-0.1, -0.05) is 109 Å². The lowest BCUT2D eigenvalue weighted by Gasteiger charge is -2.18. The van der Waals surface area contributed by atoms with Crippen molar-refractivity contribution in [2.24, 2.45) is 0 Å². The first-order chi connectivity index (χ1) is 17.8. The summed E-state index contributed by atoms with van der Waals surface area (Å²) >= 11 is 0. The predicted octanol–water partition coefficient (Wildman–Crippen LogP) is 10.6. The third-order valence-corrected chi connectivity index (χ3v) is 7.55. The van der Waals surface area contributed by atoms with Gasteiger partial charge in [0, 0.05) is 0 Å². The maximum Gasteiger partial charge on any atom is -0.00705 e. The van der Waals surface area contributed by atoms with Gasteiger partial charge in [-0.2, -0.15) is 0 Å². The molecule has 0 heteroatoms. The van der Waals surface area contributed by atoms with Gasteiger partial charge in [-0.3, -0.25) is 0 Å². The molecule has 0 aliphatic heterocycles.